The summed E-state index contributed by atoms with van der Waals surface area (Å²) in [6, 6.07) is 57.9. The van der Waals surface area contributed by atoms with E-state index in [1.165, 1.54) is 32.7 Å². The first-order valence-corrected chi connectivity index (χ1v) is 16.7. The van der Waals surface area contributed by atoms with E-state index in [1.54, 1.807) is 12.1 Å². The summed E-state index contributed by atoms with van der Waals surface area (Å²) >= 11 is 0. The molecule has 0 aliphatic rings. The van der Waals surface area contributed by atoms with Gasteiger partial charge in [-0.1, -0.05) is 121 Å². The van der Waals surface area contributed by atoms with Crippen molar-refractivity contribution in [1.82, 2.24) is 4.57 Å². The Hall–Kier alpha value is -7.45. The molecular weight excluding hydrogens is 621 g/mol. The minimum absolute atomic E-state index is 0.455. The van der Waals surface area contributed by atoms with Crippen molar-refractivity contribution < 1.29 is 0 Å². The van der Waals surface area contributed by atoms with Gasteiger partial charge >= 0.3 is 0 Å². The van der Waals surface area contributed by atoms with Gasteiger partial charge in [-0.05, 0) is 91.3 Å². The monoisotopic (exact) mass is 646 g/mol. The Kier molecular flexibility index (Phi) is 6.93. The SMILES string of the molecule is [C-]#[N+]c1c(-c2ccc(-c3c4ccccc4c(-c4ccccc4)c4ccccc34)cc2)cc(C#N)cc1-n1c2ccccc2c2cc(C#N)ccc21. The van der Waals surface area contributed by atoms with Crippen LogP contribution in [0, 0.1) is 29.2 Å². The van der Waals surface area contributed by atoms with Gasteiger partial charge in [0.25, 0.3) is 0 Å². The number of benzene rings is 8. The zero-order valence-electron chi connectivity index (χ0n) is 27.3. The number of hydrogen-bond acceptors (Lipinski definition) is 2. The standard InChI is InChI=1S/C47H26N4/c1-50-47-40(26-31(29-49)27-44(47)51-42-18-10-9-13-35(42)41-25-30(28-48)19-24-43(41)51)32-20-22-34(23-21-32)46-38-16-7-5-14-36(38)45(33-11-3-2-4-12-33)37-15-6-8-17-39(37)46/h2-27H. The number of fused-ring (bicyclic) bond motifs is 5. The van der Waals surface area contributed by atoms with Crippen LogP contribution in [-0.4, -0.2) is 4.57 Å². The Morgan fingerprint density at radius 2 is 0.961 bits per heavy atom. The van der Waals surface area contributed by atoms with E-state index in [9.17, 15) is 10.5 Å². The van der Waals surface area contributed by atoms with Crippen molar-refractivity contribution >= 4 is 49.0 Å². The molecule has 0 saturated carbocycles. The van der Waals surface area contributed by atoms with Crippen LogP contribution in [-0.2, 0) is 0 Å². The van der Waals surface area contributed by atoms with E-state index in [4.69, 9.17) is 6.57 Å². The number of rotatable bonds is 4. The molecule has 0 aliphatic carbocycles. The topological polar surface area (TPSA) is 56.9 Å². The second kappa shape index (κ2) is 11.9. The van der Waals surface area contributed by atoms with E-state index in [-0.39, 0.29) is 0 Å². The molecule has 0 aliphatic heterocycles. The molecule has 1 heterocycles. The maximum Gasteiger partial charge on any atom is 0.218 e. The van der Waals surface area contributed by atoms with Crippen LogP contribution in [0.1, 0.15) is 11.1 Å². The smallest absolute Gasteiger partial charge is 0.218 e. The summed E-state index contributed by atoms with van der Waals surface area (Å²) in [5.41, 5.74) is 10.1. The Labute approximate surface area is 294 Å². The molecule has 234 valence electrons. The third-order valence-electron chi connectivity index (χ3n) is 9.85. The first-order chi connectivity index (χ1) is 25.2. The van der Waals surface area contributed by atoms with Crippen LogP contribution in [0.15, 0.2) is 158 Å². The molecule has 0 atom stereocenters. The molecule has 4 nitrogen and oxygen atoms in total. The molecule has 0 amide bonds. The summed E-state index contributed by atoms with van der Waals surface area (Å²) in [4.78, 5) is 4.09. The zero-order valence-corrected chi connectivity index (χ0v) is 27.3. The molecule has 1 aromatic heterocycles. The zero-order chi connectivity index (χ0) is 34.5. The lowest BCUT2D eigenvalue weighted by Gasteiger charge is -2.18. The third kappa shape index (κ3) is 4.66. The van der Waals surface area contributed by atoms with Gasteiger partial charge in [-0.2, -0.15) is 10.5 Å². The number of hydrogen-bond donors (Lipinski definition) is 0. The van der Waals surface area contributed by atoms with E-state index in [0.717, 1.165) is 38.5 Å². The fourth-order valence-electron chi connectivity index (χ4n) is 7.67. The van der Waals surface area contributed by atoms with Crippen molar-refractivity contribution in [3.63, 3.8) is 0 Å². The van der Waals surface area contributed by atoms with Gasteiger partial charge in [-0.15, -0.1) is 0 Å². The minimum Gasteiger partial charge on any atom is -0.319 e. The second-order valence-electron chi connectivity index (χ2n) is 12.6. The first-order valence-electron chi connectivity index (χ1n) is 16.7. The van der Waals surface area contributed by atoms with Crippen molar-refractivity contribution in [3.8, 4) is 51.2 Å². The Morgan fingerprint density at radius 3 is 1.55 bits per heavy atom. The van der Waals surface area contributed by atoms with Crippen LogP contribution >= 0.6 is 0 Å². The lowest BCUT2D eigenvalue weighted by molar-refractivity contribution is 1.18. The predicted octanol–water partition coefficient (Wildman–Crippen LogP) is 12.4. The van der Waals surface area contributed by atoms with E-state index < -0.39 is 0 Å². The van der Waals surface area contributed by atoms with Crippen LogP contribution in [0.4, 0.5) is 5.69 Å². The van der Waals surface area contributed by atoms with Crippen molar-refractivity contribution in [1.29, 1.82) is 10.5 Å². The average molecular weight is 647 g/mol. The molecule has 0 bridgehead atoms. The van der Waals surface area contributed by atoms with E-state index in [2.05, 4.69) is 114 Å². The highest BCUT2D eigenvalue weighted by Crippen LogP contribution is 2.45. The van der Waals surface area contributed by atoms with Gasteiger partial charge in [0, 0.05) is 10.8 Å². The van der Waals surface area contributed by atoms with Crippen LogP contribution in [0.25, 0.3) is 87.3 Å². The summed E-state index contributed by atoms with van der Waals surface area (Å²) in [6.07, 6.45) is 0. The lowest BCUT2D eigenvalue weighted by Crippen LogP contribution is -1.97. The minimum atomic E-state index is 0.455. The number of nitriles is 2. The highest BCUT2D eigenvalue weighted by molar-refractivity contribution is 6.21. The van der Waals surface area contributed by atoms with Gasteiger partial charge in [0.15, 0.2) is 0 Å². The molecule has 0 fully saturated rings. The van der Waals surface area contributed by atoms with Gasteiger partial charge in [0.1, 0.15) is 0 Å². The largest absolute Gasteiger partial charge is 0.319 e. The number of para-hydroxylation sites is 1. The van der Waals surface area contributed by atoms with E-state index in [0.29, 0.717) is 28.1 Å². The molecule has 0 radical (unpaired) electrons. The lowest BCUT2D eigenvalue weighted by atomic mass is 9.85. The van der Waals surface area contributed by atoms with Gasteiger partial charge in [-0.25, -0.2) is 4.85 Å². The van der Waals surface area contributed by atoms with Crippen molar-refractivity contribution in [2.45, 2.75) is 0 Å². The molecule has 0 spiro atoms. The Morgan fingerprint density at radius 1 is 0.451 bits per heavy atom. The van der Waals surface area contributed by atoms with Crippen molar-refractivity contribution in [3.05, 3.63) is 180 Å². The molecule has 9 aromatic rings. The molecular formula is C47H26N4. The predicted molar refractivity (Wildman–Crippen MR) is 208 cm³/mol. The summed E-state index contributed by atoms with van der Waals surface area (Å²) in [7, 11) is 0. The van der Waals surface area contributed by atoms with Crippen LogP contribution in [0.2, 0.25) is 0 Å². The van der Waals surface area contributed by atoms with Crippen molar-refractivity contribution in [2.75, 3.05) is 0 Å². The maximum absolute atomic E-state index is 10.2. The van der Waals surface area contributed by atoms with Gasteiger partial charge in [0.05, 0.1) is 46.6 Å². The van der Waals surface area contributed by atoms with Crippen LogP contribution < -0.4 is 0 Å². The summed E-state index contributed by atoms with van der Waals surface area (Å²) in [5, 5.41) is 26.5. The average Bonchev–Trinajstić information content (AvgIpc) is 3.53. The highest BCUT2D eigenvalue weighted by Gasteiger charge is 2.21. The number of nitrogens with zero attached hydrogens (tertiary/aromatic N) is 4. The normalized spacial score (nSPS) is 11.1. The van der Waals surface area contributed by atoms with E-state index in [1.807, 2.05) is 53.1 Å². The number of aromatic nitrogens is 1. The molecule has 0 saturated heterocycles. The van der Waals surface area contributed by atoms with Crippen molar-refractivity contribution in [2.24, 2.45) is 0 Å². The molecule has 0 unspecified atom stereocenters. The molecule has 4 heteroatoms. The third-order valence-corrected chi connectivity index (χ3v) is 9.85. The summed E-state index contributed by atoms with van der Waals surface area (Å²) in [5.74, 6) is 0. The maximum atomic E-state index is 10.2. The Bertz CT molecular complexity index is 2930. The second-order valence-corrected chi connectivity index (χ2v) is 12.6. The molecule has 9 rings (SSSR count). The fourth-order valence-corrected chi connectivity index (χ4v) is 7.67. The summed E-state index contributed by atoms with van der Waals surface area (Å²) < 4.78 is 2.05. The highest BCUT2D eigenvalue weighted by atomic mass is 15.0. The van der Waals surface area contributed by atoms with E-state index >= 15 is 0 Å². The molecule has 8 aromatic carbocycles. The van der Waals surface area contributed by atoms with Crippen LogP contribution in [0.5, 0.6) is 0 Å². The van der Waals surface area contributed by atoms with Gasteiger partial charge in [0.2, 0.25) is 5.69 Å². The van der Waals surface area contributed by atoms with Gasteiger partial charge < -0.3 is 4.57 Å². The quantitative estimate of drug-likeness (QED) is 0.141. The first kappa shape index (κ1) is 29.7. The molecule has 51 heavy (non-hydrogen) atoms. The molecule has 0 N–H and O–H groups in total. The Balaban J connectivity index is 1.25. The summed E-state index contributed by atoms with van der Waals surface area (Å²) in [6.45, 7) is 8.42. The van der Waals surface area contributed by atoms with Gasteiger partial charge in [-0.3, -0.25) is 0 Å². The van der Waals surface area contributed by atoms with Crippen LogP contribution in [0.3, 0.4) is 0 Å². The fraction of sp³-hybridized carbons (Fsp3) is 0.